The Bertz CT molecular complexity index is 1410. The average Bonchev–Trinajstić information content (AvgIpc) is 3.00. The highest BCUT2D eigenvalue weighted by molar-refractivity contribution is 6.99. The van der Waals surface area contributed by atoms with E-state index in [0.29, 0.717) is 32.2 Å². The lowest BCUT2D eigenvalue weighted by atomic mass is 10.2. The molecule has 2 N–H and O–H groups in total. The van der Waals surface area contributed by atoms with Crippen LogP contribution in [-0.4, -0.2) is 50.0 Å². The molecule has 0 bridgehead atoms. The molecule has 3 aromatic carbocycles. The molecule has 0 saturated heterocycles. The predicted octanol–water partition coefficient (Wildman–Crippen LogP) is 5.44. The summed E-state index contributed by atoms with van der Waals surface area (Å²) in [6, 6.07) is 30.8. The summed E-state index contributed by atoms with van der Waals surface area (Å²) in [4.78, 5) is 22.7. The van der Waals surface area contributed by atoms with Crippen molar-refractivity contribution in [1.82, 2.24) is 9.97 Å². The van der Waals surface area contributed by atoms with Crippen LogP contribution in [0.1, 0.15) is 33.3 Å². The van der Waals surface area contributed by atoms with Crippen LogP contribution in [0.15, 0.2) is 91.0 Å². The zero-order valence-electron chi connectivity index (χ0n) is 25.0. The molecule has 0 aliphatic rings. The molecule has 0 radical (unpaired) electrons. The molecule has 0 amide bonds. The number of nitrogens with zero attached hydrogens (tertiary/aromatic N) is 4. The first kappa shape index (κ1) is 30.7. The molecule has 0 spiro atoms. The first-order chi connectivity index (χ1) is 20.2. The maximum Gasteiger partial charge on any atom is 0.353 e. The van der Waals surface area contributed by atoms with Gasteiger partial charge in [-0.2, -0.15) is 9.97 Å². The Morgan fingerprint density at radius 1 is 0.905 bits per heavy atom. The summed E-state index contributed by atoms with van der Waals surface area (Å²) in [7, 11) is -1.07. The van der Waals surface area contributed by atoms with Crippen LogP contribution in [0.3, 0.4) is 0 Å². The first-order valence-corrected chi connectivity index (χ1v) is 16.1. The number of aromatic nitrogens is 2. The second-order valence-electron chi connectivity index (χ2n) is 11.0. The van der Waals surface area contributed by atoms with Gasteiger partial charge in [0.25, 0.3) is 8.32 Å². The van der Waals surface area contributed by atoms with E-state index in [2.05, 4.69) is 89.9 Å². The zero-order chi connectivity index (χ0) is 30.2. The van der Waals surface area contributed by atoms with E-state index in [1.165, 1.54) is 10.4 Å². The number of hydrogen-bond donors (Lipinski definition) is 2. The van der Waals surface area contributed by atoms with Crippen molar-refractivity contribution in [3.63, 3.8) is 0 Å². The van der Waals surface area contributed by atoms with Crippen LogP contribution in [0.4, 0.5) is 23.3 Å². The lowest BCUT2D eigenvalue weighted by Gasteiger charge is -2.43. The van der Waals surface area contributed by atoms with Crippen LogP contribution in [0.25, 0.3) is 0 Å². The van der Waals surface area contributed by atoms with Gasteiger partial charge >= 0.3 is 5.69 Å². The minimum Gasteiger partial charge on any atom is -0.406 e. The molecule has 0 saturated carbocycles. The third kappa shape index (κ3) is 6.61. The fraction of sp³-hybridized carbons (Fsp3) is 0.312. The van der Waals surface area contributed by atoms with Crippen molar-refractivity contribution in [2.75, 3.05) is 42.3 Å². The maximum absolute atomic E-state index is 12.1. The van der Waals surface area contributed by atoms with Crippen LogP contribution in [-0.2, 0) is 11.0 Å². The summed E-state index contributed by atoms with van der Waals surface area (Å²) >= 11 is 0. The van der Waals surface area contributed by atoms with Gasteiger partial charge in [-0.1, -0.05) is 112 Å². The van der Waals surface area contributed by atoms with Crippen LogP contribution in [0, 0.1) is 10.1 Å². The number of rotatable bonds is 13. The standard InChI is InChI=1S/C32H40N6O3Si/c1-6-37(24-25-16-10-7-11-17-25)30-28(38(39)40)29(33-5)35-31(36-30)34-22-23-41-42(32(2,3)4,26-18-12-8-13-19-26)27-20-14-9-15-21-27/h7-21H,6,22-24H2,1-5H3,(H2,33,34,35,36). The van der Waals surface area contributed by atoms with E-state index >= 15 is 0 Å². The summed E-state index contributed by atoms with van der Waals surface area (Å²) in [5.41, 5.74) is 0.885. The van der Waals surface area contributed by atoms with Gasteiger partial charge in [-0.05, 0) is 27.9 Å². The van der Waals surface area contributed by atoms with Crippen molar-refractivity contribution >= 4 is 42.0 Å². The van der Waals surface area contributed by atoms with E-state index in [0.717, 1.165) is 5.56 Å². The van der Waals surface area contributed by atoms with E-state index in [4.69, 9.17) is 4.43 Å². The van der Waals surface area contributed by atoms with Gasteiger partial charge in [-0.25, -0.2) is 0 Å². The topological polar surface area (TPSA) is 105 Å². The molecule has 220 valence electrons. The lowest BCUT2D eigenvalue weighted by Crippen LogP contribution is -2.66. The summed E-state index contributed by atoms with van der Waals surface area (Å²) in [5.74, 6) is 0.727. The van der Waals surface area contributed by atoms with Crippen molar-refractivity contribution in [1.29, 1.82) is 0 Å². The number of benzene rings is 3. The largest absolute Gasteiger partial charge is 0.406 e. The minimum absolute atomic E-state index is 0.148. The molecule has 0 aliphatic carbocycles. The molecule has 1 heterocycles. The van der Waals surface area contributed by atoms with E-state index in [9.17, 15) is 10.1 Å². The normalized spacial score (nSPS) is 11.6. The van der Waals surface area contributed by atoms with Crippen molar-refractivity contribution < 1.29 is 9.35 Å². The van der Waals surface area contributed by atoms with Gasteiger partial charge in [-0.15, -0.1) is 0 Å². The Hall–Kier alpha value is -4.28. The quantitative estimate of drug-likeness (QED) is 0.0926. The zero-order valence-corrected chi connectivity index (χ0v) is 26.0. The first-order valence-electron chi connectivity index (χ1n) is 14.2. The number of hydrogen-bond acceptors (Lipinski definition) is 8. The van der Waals surface area contributed by atoms with Gasteiger partial charge in [0, 0.05) is 26.7 Å². The van der Waals surface area contributed by atoms with Crippen molar-refractivity contribution in [3.8, 4) is 0 Å². The Balaban J connectivity index is 1.62. The molecule has 0 atom stereocenters. The monoisotopic (exact) mass is 584 g/mol. The Morgan fingerprint density at radius 2 is 1.45 bits per heavy atom. The minimum atomic E-state index is -2.70. The lowest BCUT2D eigenvalue weighted by molar-refractivity contribution is -0.383. The van der Waals surface area contributed by atoms with Crippen molar-refractivity contribution in [2.45, 2.75) is 39.3 Å². The molecule has 4 aromatic rings. The highest BCUT2D eigenvalue weighted by Crippen LogP contribution is 2.37. The molecule has 0 unspecified atom stereocenters. The molecule has 0 fully saturated rings. The van der Waals surface area contributed by atoms with E-state index in [1.54, 1.807) is 7.05 Å². The maximum atomic E-state index is 12.1. The molecule has 1 aromatic heterocycles. The Morgan fingerprint density at radius 3 is 1.93 bits per heavy atom. The number of nitrogens with one attached hydrogen (secondary N) is 2. The molecule has 0 aliphatic heterocycles. The van der Waals surface area contributed by atoms with Crippen LogP contribution in [0.5, 0.6) is 0 Å². The molecule has 42 heavy (non-hydrogen) atoms. The SMILES string of the molecule is CCN(Cc1ccccc1)c1nc(NCCO[Si](c2ccccc2)(c2ccccc2)C(C)(C)C)nc(NC)c1[N+](=O)[O-]. The van der Waals surface area contributed by atoms with E-state index < -0.39 is 13.2 Å². The third-order valence-corrected chi connectivity index (χ3v) is 12.3. The average molecular weight is 585 g/mol. The Kier molecular flexibility index (Phi) is 9.92. The predicted molar refractivity (Wildman–Crippen MR) is 173 cm³/mol. The molecule has 4 rings (SSSR count). The van der Waals surface area contributed by atoms with Crippen molar-refractivity contribution in [3.05, 3.63) is 107 Å². The van der Waals surface area contributed by atoms with Crippen LogP contribution < -0.4 is 25.9 Å². The number of nitro groups is 1. The molecular formula is C32H40N6O3Si. The molecule has 10 heteroatoms. The summed E-state index contributed by atoms with van der Waals surface area (Å²) in [6.07, 6.45) is 0. The van der Waals surface area contributed by atoms with Gasteiger partial charge in [0.05, 0.1) is 11.5 Å². The van der Waals surface area contributed by atoms with Gasteiger partial charge in [0.2, 0.25) is 17.6 Å². The summed E-state index contributed by atoms with van der Waals surface area (Å²) in [6.45, 7) is 10.5. The molecular weight excluding hydrogens is 544 g/mol. The van der Waals surface area contributed by atoms with Crippen LogP contribution >= 0.6 is 0 Å². The second kappa shape index (κ2) is 13.6. The summed E-state index contributed by atoms with van der Waals surface area (Å²) < 4.78 is 6.97. The van der Waals surface area contributed by atoms with Gasteiger partial charge in [-0.3, -0.25) is 10.1 Å². The van der Waals surface area contributed by atoms with Gasteiger partial charge in [0.15, 0.2) is 0 Å². The van der Waals surface area contributed by atoms with E-state index in [-0.39, 0.29) is 22.4 Å². The Labute approximate surface area is 249 Å². The second-order valence-corrected chi connectivity index (χ2v) is 15.3. The molecule has 9 nitrogen and oxygen atoms in total. The third-order valence-electron chi connectivity index (χ3n) is 7.30. The fourth-order valence-electron chi connectivity index (χ4n) is 5.35. The highest BCUT2D eigenvalue weighted by atomic mass is 28.4. The number of anilines is 3. The van der Waals surface area contributed by atoms with Crippen LogP contribution in [0.2, 0.25) is 5.04 Å². The fourth-order valence-corrected chi connectivity index (χ4v) is 9.92. The smallest absolute Gasteiger partial charge is 0.353 e. The highest BCUT2D eigenvalue weighted by Gasteiger charge is 2.50. The summed E-state index contributed by atoms with van der Waals surface area (Å²) in [5, 5.41) is 20.6. The van der Waals surface area contributed by atoms with Gasteiger partial charge < -0.3 is 20.0 Å². The van der Waals surface area contributed by atoms with E-state index in [1.807, 2.05) is 54.3 Å². The van der Waals surface area contributed by atoms with Crippen molar-refractivity contribution in [2.24, 2.45) is 0 Å². The van der Waals surface area contributed by atoms with Gasteiger partial charge in [0.1, 0.15) is 0 Å².